The Morgan fingerprint density at radius 1 is 1.36 bits per heavy atom. The Labute approximate surface area is 146 Å². The number of nitro groups is 1. The zero-order valence-corrected chi connectivity index (χ0v) is 15.2. The van der Waals surface area contributed by atoms with Gasteiger partial charge in [0.15, 0.2) is 0 Å². The second kappa shape index (κ2) is 7.45. The third kappa shape index (κ3) is 3.86. The van der Waals surface area contributed by atoms with Crippen molar-refractivity contribution in [2.24, 2.45) is 5.92 Å². The Balaban J connectivity index is 2.06. The molecule has 0 saturated carbocycles. The monoisotopic (exact) mass is 348 g/mol. The molecule has 0 aliphatic rings. The van der Waals surface area contributed by atoms with E-state index in [9.17, 15) is 14.9 Å². The molecule has 25 heavy (non-hydrogen) atoms. The van der Waals surface area contributed by atoms with Gasteiger partial charge in [-0.3, -0.25) is 24.3 Å². The van der Waals surface area contributed by atoms with Crippen LogP contribution < -0.4 is 5.32 Å². The van der Waals surface area contributed by atoms with Crippen molar-refractivity contribution in [1.82, 2.24) is 24.9 Å². The molecule has 2 heterocycles. The fourth-order valence-corrected chi connectivity index (χ4v) is 2.88. The summed E-state index contributed by atoms with van der Waals surface area (Å²) in [7, 11) is 0. The first-order valence-corrected chi connectivity index (χ1v) is 8.26. The van der Waals surface area contributed by atoms with E-state index < -0.39 is 4.92 Å². The zero-order chi connectivity index (χ0) is 18.7. The molecule has 2 aromatic heterocycles. The molecule has 2 rings (SSSR count). The van der Waals surface area contributed by atoms with Gasteiger partial charge in [-0.2, -0.15) is 10.2 Å². The summed E-state index contributed by atoms with van der Waals surface area (Å²) in [6.07, 6.45) is 1.71. The molecule has 0 radical (unpaired) electrons. The Morgan fingerprint density at radius 3 is 2.60 bits per heavy atom. The van der Waals surface area contributed by atoms with Gasteiger partial charge in [-0.15, -0.1) is 0 Å². The number of carbonyl (C=O) groups is 1. The van der Waals surface area contributed by atoms with E-state index in [0.29, 0.717) is 11.4 Å². The SMILES string of the molecule is CCn1nccc1C(C)NC(=O)C(C)Cn1nc(C)c([N+](=O)[O-])c1C. The van der Waals surface area contributed by atoms with E-state index in [1.54, 1.807) is 27.0 Å². The topological polar surface area (TPSA) is 108 Å². The van der Waals surface area contributed by atoms with Gasteiger partial charge in [-0.1, -0.05) is 6.92 Å². The summed E-state index contributed by atoms with van der Waals surface area (Å²) in [5, 5.41) is 22.4. The van der Waals surface area contributed by atoms with Crippen molar-refractivity contribution in [2.45, 2.75) is 53.8 Å². The molecule has 9 heteroatoms. The average molecular weight is 348 g/mol. The fraction of sp³-hybridized carbons (Fsp3) is 0.562. The normalized spacial score (nSPS) is 13.5. The lowest BCUT2D eigenvalue weighted by Crippen LogP contribution is -2.34. The van der Waals surface area contributed by atoms with Crippen molar-refractivity contribution in [1.29, 1.82) is 0 Å². The number of aryl methyl sites for hydroxylation is 2. The number of carbonyl (C=O) groups excluding carboxylic acids is 1. The summed E-state index contributed by atoms with van der Waals surface area (Å²) in [5.41, 5.74) is 1.76. The van der Waals surface area contributed by atoms with Crippen molar-refractivity contribution in [3.8, 4) is 0 Å². The molecule has 0 aromatic carbocycles. The molecule has 0 aliphatic heterocycles. The molecule has 0 saturated heterocycles. The first-order valence-electron chi connectivity index (χ1n) is 8.26. The molecule has 0 bridgehead atoms. The predicted octanol–water partition coefficient (Wildman–Crippen LogP) is 2.14. The molecule has 136 valence electrons. The maximum atomic E-state index is 12.5. The number of hydrogen-bond acceptors (Lipinski definition) is 5. The van der Waals surface area contributed by atoms with Crippen LogP contribution in [0.5, 0.6) is 0 Å². The number of hydrogen-bond donors (Lipinski definition) is 1. The smallest absolute Gasteiger partial charge is 0.312 e. The van der Waals surface area contributed by atoms with E-state index in [4.69, 9.17) is 0 Å². The quantitative estimate of drug-likeness (QED) is 0.609. The van der Waals surface area contributed by atoms with Gasteiger partial charge < -0.3 is 5.32 Å². The van der Waals surface area contributed by atoms with E-state index in [-0.39, 0.29) is 30.1 Å². The first kappa shape index (κ1) is 18.6. The minimum absolute atomic E-state index is 0.00724. The Hall–Kier alpha value is -2.71. The van der Waals surface area contributed by atoms with Crippen LogP contribution in [-0.4, -0.2) is 30.4 Å². The lowest BCUT2D eigenvalue weighted by atomic mass is 10.1. The van der Waals surface area contributed by atoms with Gasteiger partial charge in [-0.25, -0.2) is 0 Å². The summed E-state index contributed by atoms with van der Waals surface area (Å²) in [6, 6.07) is 1.70. The lowest BCUT2D eigenvalue weighted by molar-refractivity contribution is -0.386. The van der Waals surface area contributed by atoms with Crippen LogP contribution in [0, 0.1) is 29.9 Å². The maximum absolute atomic E-state index is 12.5. The number of nitrogens with zero attached hydrogens (tertiary/aromatic N) is 5. The molecule has 0 fully saturated rings. The van der Waals surface area contributed by atoms with Crippen LogP contribution in [0.1, 0.15) is 43.9 Å². The molecule has 2 atom stereocenters. The van der Waals surface area contributed by atoms with E-state index >= 15 is 0 Å². The van der Waals surface area contributed by atoms with Gasteiger partial charge in [0.1, 0.15) is 11.4 Å². The van der Waals surface area contributed by atoms with Crippen molar-refractivity contribution >= 4 is 11.6 Å². The second-order valence-corrected chi connectivity index (χ2v) is 6.16. The number of aromatic nitrogens is 4. The number of rotatable bonds is 7. The Bertz CT molecular complexity index is 779. The molecule has 0 aliphatic carbocycles. The van der Waals surface area contributed by atoms with E-state index in [2.05, 4.69) is 15.5 Å². The van der Waals surface area contributed by atoms with Crippen LogP contribution in [0.25, 0.3) is 0 Å². The Morgan fingerprint density at radius 2 is 2.04 bits per heavy atom. The summed E-state index contributed by atoms with van der Waals surface area (Å²) in [4.78, 5) is 23.1. The highest BCUT2D eigenvalue weighted by molar-refractivity contribution is 5.78. The van der Waals surface area contributed by atoms with E-state index in [1.807, 2.05) is 24.6 Å². The van der Waals surface area contributed by atoms with Crippen LogP contribution in [-0.2, 0) is 17.9 Å². The zero-order valence-electron chi connectivity index (χ0n) is 15.2. The van der Waals surface area contributed by atoms with E-state index in [0.717, 1.165) is 12.2 Å². The molecular weight excluding hydrogens is 324 g/mol. The van der Waals surface area contributed by atoms with Crippen LogP contribution in [0.3, 0.4) is 0 Å². The predicted molar refractivity (Wildman–Crippen MR) is 92.0 cm³/mol. The standard InChI is InChI=1S/C16H24N6O3/c1-6-20-14(7-8-17-20)11(3)18-16(23)10(2)9-21-13(5)15(22(24)25)12(4)19-21/h7-8,10-11H,6,9H2,1-5H3,(H,18,23). The van der Waals surface area contributed by atoms with Gasteiger partial charge >= 0.3 is 5.69 Å². The fourth-order valence-electron chi connectivity index (χ4n) is 2.88. The summed E-state index contributed by atoms with van der Waals surface area (Å²) in [5.74, 6) is -0.510. The number of amides is 1. The highest BCUT2D eigenvalue weighted by Gasteiger charge is 2.25. The second-order valence-electron chi connectivity index (χ2n) is 6.16. The largest absolute Gasteiger partial charge is 0.348 e. The first-order chi connectivity index (χ1) is 11.8. The molecule has 0 spiro atoms. The van der Waals surface area contributed by atoms with Crippen molar-refractivity contribution in [3.05, 3.63) is 39.5 Å². The molecule has 1 amide bonds. The summed E-state index contributed by atoms with van der Waals surface area (Å²) >= 11 is 0. The van der Waals surface area contributed by atoms with Gasteiger partial charge in [0, 0.05) is 12.7 Å². The highest BCUT2D eigenvalue weighted by atomic mass is 16.6. The van der Waals surface area contributed by atoms with Crippen molar-refractivity contribution in [3.63, 3.8) is 0 Å². The highest BCUT2D eigenvalue weighted by Crippen LogP contribution is 2.22. The molecule has 2 aromatic rings. The van der Waals surface area contributed by atoms with Crippen molar-refractivity contribution in [2.75, 3.05) is 0 Å². The third-order valence-electron chi connectivity index (χ3n) is 4.27. The number of nitrogens with one attached hydrogen (secondary N) is 1. The van der Waals surface area contributed by atoms with Crippen LogP contribution in [0.15, 0.2) is 12.3 Å². The van der Waals surface area contributed by atoms with Gasteiger partial charge in [0.25, 0.3) is 0 Å². The lowest BCUT2D eigenvalue weighted by Gasteiger charge is -2.18. The van der Waals surface area contributed by atoms with Gasteiger partial charge in [0.2, 0.25) is 5.91 Å². The van der Waals surface area contributed by atoms with Crippen LogP contribution in [0.4, 0.5) is 5.69 Å². The van der Waals surface area contributed by atoms with Gasteiger partial charge in [-0.05, 0) is 33.8 Å². The minimum Gasteiger partial charge on any atom is -0.348 e. The molecule has 1 N–H and O–H groups in total. The molecule has 2 unspecified atom stereocenters. The van der Waals surface area contributed by atoms with Crippen LogP contribution >= 0.6 is 0 Å². The van der Waals surface area contributed by atoms with Gasteiger partial charge in [0.05, 0.1) is 29.1 Å². The van der Waals surface area contributed by atoms with Crippen LogP contribution in [0.2, 0.25) is 0 Å². The third-order valence-corrected chi connectivity index (χ3v) is 4.27. The van der Waals surface area contributed by atoms with Crippen molar-refractivity contribution < 1.29 is 9.72 Å². The maximum Gasteiger partial charge on any atom is 0.312 e. The molecular formula is C16H24N6O3. The van der Waals surface area contributed by atoms with E-state index in [1.165, 1.54) is 4.68 Å². The molecule has 9 nitrogen and oxygen atoms in total. The summed E-state index contributed by atoms with van der Waals surface area (Å²) in [6.45, 7) is 9.93. The summed E-state index contributed by atoms with van der Waals surface area (Å²) < 4.78 is 3.36. The Kier molecular flexibility index (Phi) is 5.55. The minimum atomic E-state index is -0.438. The average Bonchev–Trinajstić information content (AvgIpc) is 3.11.